The minimum Gasteiger partial charge on any atom is -0.313 e. The molecule has 1 atom stereocenters. The van der Waals surface area contributed by atoms with Crippen molar-refractivity contribution in [1.29, 1.82) is 0 Å². The van der Waals surface area contributed by atoms with Crippen LogP contribution in [0, 0.1) is 24.6 Å². The van der Waals surface area contributed by atoms with E-state index in [0.717, 1.165) is 24.0 Å². The maximum Gasteiger partial charge on any atom is 0.123 e. The summed E-state index contributed by atoms with van der Waals surface area (Å²) in [6.07, 6.45) is 1.81. The molecule has 1 nitrogen and oxygen atoms in total. The summed E-state index contributed by atoms with van der Waals surface area (Å²) in [4.78, 5) is 0. The SMILES string of the molecule is CC#CCCC(NC)c1ccc(F)cc1C. The van der Waals surface area contributed by atoms with Gasteiger partial charge in [-0.1, -0.05) is 6.07 Å². The monoisotopic (exact) mass is 219 g/mol. The van der Waals surface area contributed by atoms with E-state index >= 15 is 0 Å². The first-order valence-electron chi connectivity index (χ1n) is 5.52. The molecule has 0 heterocycles. The molecule has 0 amide bonds. The first-order chi connectivity index (χ1) is 7.69. The van der Waals surface area contributed by atoms with E-state index in [4.69, 9.17) is 0 Å². The van der Waals surface area contributed by atoms with Gasteiger partial charge in [0.15, 0.2) is 0 Å². The van der Waals surface area contributed by atoms with E-state index < -0.39 is 0 Å². The topological polar surface area (TPSA) is 12.0 Å². The Kier molecular flexibility index (Phi) is 5.01. The van der Waals surface area contributed by atoms with Crippen LogP contribution in [0.4, 0.5) is 4.39 Å². The molecule has 0 fully saturated rings. The molecule has 0 radical (unpaired) electrons. The molecule has 0 aliphatic rings. The summed E-state index contributed by atoms with van der Waals surface area (Å²) in [5, 5.41) is 3.25. The fourth-order valence-corrected chi connectivity index (χ4v) is 1.83. The number of hydrogen-bond donors (Lipinski definition) is 1. The van der Waals surface area contributed by atoms with Gasteiger partial charge >= 0.3 is 0 Å². The van der Waals surface area contributed by atoms with Gasteiger partial charge in [0.05, 0.1) is 0 Å². The lowest BCUT2D eigenvalue weighted by Crippen LogP contribution is -2.17. The second-order valence-electron chi connectivity index (χ2n) is 3.81. The van der Waals surface area contributed by atoms with Crippen LogP contribution in [-0.2, 0) is 0 Å². The second kappa shape index (κ2) is 6.30. The average molecular weight is 219 g/mol. The second-order valence-corrected chi connectivity index (χ2v) is 3.81. The highest BCUT2D eigenvalue weighted by Gasteiger charge is 2.11. The number of nitrogens with one attached hydrogen (secondary N) is 1. The van der Waals surface area contributed by atoms with Crippen molar-refractivity contribution < 1.29 is 4.39 Å². The van der Waals surface area contributed by atoms with Crippen LogP contribution in [-0.4, -0.2) is 7.05 Å². The summed E-state index contributed by atoms with van der Waals surface area (Å²) < 4.78 is 13.0. The molecule has 16 heavy (non-hydrogen) atoms. The van der Waals surface area contributed by atoms with Crippen molar-refractivity contribution >= 4 is 0 Å². The predicted molar refractivity (Wildman–Crippen MR) is 65.6 cm³/mol. The van der Waals surface area contributed by atoms with Gasteiger partial charge < -0.3 is 5.32 Å². The van der Waals surface area contributed by atoms with E-state index in [1.165, 1.54) is 6.07 Å². The molecule has 0 spiro atoms. The standard InChI is InChI=1S/C14H18FN/c1-4-5-6-7-14(16-3)13-9-8-12(15)10-11(13)2/h8-10,14,16H,6-7H2,1-3H3. The van der Waals surface area contributed by atoms with Gasteiger partial charge in [0.2, 0.25) is 0 Å². The van der Waals surface area contributed by atoms with Crippen LogP contribution < -0.4 is 5.32 Å². The fourth-order valence-electron chi connectivity index (χ4n) is 1.83. The number of aryl methyl sites for hydroxylation is 1. The summed E-state index contributed by atoms with van der Waals surface area (Å²) in [7, 11) is 1.92. The number of rotatable bonds is 4. The highest BCUT2D eigenvalue weighted by Crippen LogP contribution is 2.22. The van der Waals surface area contributed by atoms with Crippen LogP contribution in [0.15, 0.2) is 18.2 Å². The molecule has 2 heteroatoms. The predicted octanol–water partition coefficient (Wildman–Crippen LogP) is 3.20. The van der Waals surface area contributed by atoms with Crippen molar-refractivity contribution in [2.75, 3.05) is 7.05 Å². The van der Waals surface area contributed by atoms with Crippen LogP contribution in [0.2, 0.25) is 0 Å². The number of benzene rings is 1. The van der Waals surface area contributed by atoms with E-state index in [0.29, 0.717) is 0 Å². The van der Waals surface area contributed by atoms with Crippen molar-refractivity contribution in [2.45, 2.75) is 32.7 Å². The van der Waals surface area contributed by atoms with E-state index in [1.807, 2.05) is 27.0 Å². The maximum atomic E-state index is 13.0. The molecular weight excluding hydrogens is 201 g/mol. The van der Waals surface area contributed by atoms with E-state index in [-0.39, 0.29) is 11.9 Å². The number of hydrogen-bond acceptors (Lipinski definition) is 1. The van der Waals surface area contributed by atoms with Crippen molar-refractivity contribution in [3.05, 3.63) is 35.1 Å². The van der Waals surface area contributed by atoms with E-state index in [2.05, 4.69) is 17.2 Å². The van der Waals surface area contributed by atoms with Crippen LogP contribution >= 0.6 is 0 Å². The molecule has 0 saturated carbocycles. The quantitative estimate of drug-likeness (QED) is 0.767. The summed E-state index contributed by atoms with van der Waals surface area (Å²) in [6.45, 7) is 3.78. The largest absolute Gasteiger partial charge is 0.313 e. The van der Waals surface area contributed by atoms with Gasteiger partial charge in [0.25, 0.3) is 0 Å². The van der Waals surface area contributed by atoms with Crippen LogP contribution in [0.3, 0.4) is 0 Å². The fraction of sp³-hybridized carbons (Fsp3) is 0.429. The summed E-state index contributed by atoms with van der Waals surface area (Å²) in [6, 6.07) is 5.19. The molecule has 0 aromatic heterocycles. The Morgan fingerprint density at radius 1 is 1.44 bits per heavy atom. The van der Waals surface area contributed by atoms with Gasteiger partial charge in [0, 0.05) is 12.5 Å². The Bertz CT molecular complexity index is 401. The first kappa shape index (κ1) is 12.7. The molecule has 1 N–H and O–H groups in total. The molecule has 0 bridgehead atoms. The van der Waals surface area contributed by atoms with Gasteiger partial charge in [-0.25, -0.2) is 4.39 Å². The van der Waals surface area contributed by atoms with E-state index in [9.17, 15) is 4.39 Å². The van der Waals surface area contributed by atoms with E-state index in [1.54, 1.807) is 6.07 Å². The lowest BCUT2D eigenvalue weighted by atomic mass is 9.97. The summed E-state index contributed by atoms with van der Waals surface area (Å²) >= 11 is 0. The lowest BCUT2D eigenvalue weighted by Gasteiger charge is -2.17. The van der Waals surface area contributed by atoms with Crippen LogP contribution in [0.5, 0.6) is 0 Å². The van der Waals surface area contributed by atoms with Gasteiger partial charge in [-0.2, -0.15) is 0 Å². The Labute approximate surface area is 97.1 Å². The average Bonchev–Trinajstić information content (AvgIpc) is 2.26. The molecule has 1 rings (SSSR count). The van der Waals surface area contributed by atoms with Gasteiger partial charge in [0.1, 0.15) is 5.82 Å². The molecule has 0 aliphatic heterocycles. The Balaban J connectivity index is 2.80. The van der Waals surface area contributed by atoms with Gasteiger partial charge in [-0.05, 0) is 50.6 Å². The van der Waals surface area contributed by atoms with Crippen molar-refractivity contribution in [1.82, 2.24) is 5.32 Å². The molecule has 1 unspecified atom stereocenters. The zero-order valence-corrected chi connectivity index (χ0v) is 10.1. The minimum absolute atomic E-state index is 0.176. The Morgan fingerprint density at radius 3 is 2.75 bits per heavy atom. The normalized spacial score (nSPS) is 11.8. The molecular formula is C14H18FN. The van der Waals surface area contributed by atoms with Crippen molar-refractivity contribution in [3.63, 3.8) is 0 Å². The maximum absolute atomic E-state index is 13.0. The van der Waals surface area contributed by atoms with Crippen LogP contribution in [0.25, 0.3) is 0 Å². The number of halogens is 1. The lowest BCUT2D eigenvalue weighted by molar-refractivity contribution is 0.552. The highest BCUT2D eigenvalue weighted by atomic mass is 19.1. The molecule has 1 aromatic rings. The molecule has 0 saturated heterocycles. The Hall–Kier alpha value is -1.33. The van der Waals surface area contributed by atoms with Crippen molar-refractivity contribution in [2.24, 2.45) is 0 Å². The van der Waals surface area contributed by atoms with Gasteiger partial charge in [-0.15, -0.1) is 11.8 Å². The summed E-state index contributed by atoms with van der Waals surface area (Å²) in [5.74, 6) is 5.76. The molecule has 86 valence electrons. The first-order valence-corrected chi connectivity index (χ1v) is 5.52. The van der Waals surface area contributed by atoms with Crippen molar-refractivity contribution in [3.8, 4) is 11.8 Å². The zero-order valence-electron chi connectivity index (χ0n) is 10.1. The highest BCUT2D eigenvalue weighted by molar-refractivity contribution is 5.29. The Morgan fingerprint density at radius 2 is 2.19 bits per heavy atom. The third kappa shape index (κ3) is 3.36. The van der Waals surface area contributed by atoms with Gasteiger partial charge in [-0.3, -0.25) is 0 Å². The minimum atomic E-state index is -0.176. The molecule has 1 aromatic carbocycles. The zero-order chi connectivity index (χ0) is 12.0. The third-order valence-electron chi connectivity index (χ3n) is 2.69. The molecule has 0 aliphatic carbocycles. The summed E-state index contributed by atoms with van der Waals surface area (Å²) in [5.41, 5.74) is 2.14. The van der Waals surface area contributed by atoms with Crippen LogP contribution in [0.1, 0.15) is 36.9 Å². The smallest absolute Gasteiger partial charge is 0.123 e. The third-order valence-corrected chi connectivity index (χ3v) is 2.69.